The van der Waals surface area contributed by atoms with E-state index in [0.29, 0.717) is 17.9 Å². The minimum absolute atomic E-state index is 0.0603. The average Bonchev–Trinajstić information content (AvgIpc) is 2.54. The first-order valence-electron chi connectivity index (χ1n) is 6.07. The highest BCUT2D eigenvalue weighted by Gasteiger charge is 2.22. The van der Waals surface area contributed by atoms with E-state index in [1.54, 1.807) is 0 Å². The van der Waals surface area contributed by atoms with Crippen LogP contribution in [0.3, 0.4) is 0 Å². The van der Waals surface area contributed by atoms with Crippen molar-refractivity contribution in [3.05, 3.63) is 53.2 Å². The molecule has 18 heavy (non-hydrogen) atoms. The molecular weight excluding hydrogens is 226 g/mol. The van der Waals surface area contributed by atoms with Crippen molar-refractivity contribution >= 4 is 5.78 Å². The molecule has 0 atom stereocenters. The highest BCUT2D eigenvalue weighted by molar-refractivity contribution is 6.00. The molecule has 3 heteroatoms. The molecule has 0 fully saturated rings. The molecule has 2 heterocycles. The van der Waals surface area contributed by atoms with Gasteiger partial charge in [-0.05, 0) is 24.6 Å². The van der Waals surface area contributed by atoms with Crippen molar-refractivity contribution < 1.29 is 9.53 Å². The number of pyridine rings is 1. The molecule has 0 unspecified atom stereocenters. The predicted molar refractivity (Wildman–Crippen MR) is 68.2 cm³/mol. The molecular formula is C15H13NO2. The summed E-state index contributed by atoms with van der Waals surface area (Å²) in [4.78, 5) is 16.5. The Bertz CT molecular complexity index is 620. The van der Waals surface area contributed by atoms with Gasteiger partial charge in [0.1, 0.15) is 5.75 Å². The molecule has 0 saturated carbocycles. The maximum absolute atomic E-state index is 12.1. The molecule has 3 nitrogen and oxygen atoms in total. The number of ketones is 1. The number of nitrogens with zero attached hydrogens (tertiary/aromatic N) is 1. The van der Waals surface area contributed by atoms with Crippen molar-refractivity contribution in [3.8, 4) is 11.6 Å². The number of aryl methyl sites for hydroxylation is 1. The molecule has 1 aliphatic heterocycles. The molecule has 3 rings (SSSR count). The fourth-order valence-electron chi connectivity index (χ4n) is 2.09. The van der Waals surface area contributed by atoms with Gasteiger partial charge in [0.2, 0.25) is 5.88 Å². The molecule has 1 aromatic carbocycles. The Labute approximate surface area is 105 Å². The quantitative estimate of drug-likeness (QED) is 0.767. The summed E-state index contributed by atoms with van der Waals surface area (Å²) in [7, 11) is 0. The van der Waals surface area contributed by atoms with Crippen LogP contribution in [0.1, 0.15) is 28.5 Å². The van der Waals surface area contributed by atoms with Gasteiger partial charge < -0.3 is 4.74 Å². The second-order valence-electron chi connectivity index (χ2n) is 4.32. The molecule has 0 amide bonds. The number of carbonyl (C=O) groups excluding carboxylic acids is 1. The van der Waals surface area contributed by atoms with E-state index in [-0.39, 0.29) is 5.78 Å². The fraction of sp³-hybridized carbons (Fsp3) is 0.200. The Balaban J connectivity index is 2.14. The number of aromatic nitrogens is 1. The topological polar surface area (TPSA) is 39.2 Å². The van der Waals surface area contributed by atoms with E-state index in [4.69, 9.17) is 4.74 Å². The predicted octanol–water partition coefficient (Wildman–Crippen LogP) is 3.18. The van der Waals surface area contributed by atoms with Gasteiger partial charge >= 0.3 is 0 Å². The summed E-state index contributed by atoms with van der Waals surface area (Å²) >= 11 is 0. The van der Waals surface area contributed by atoms with Gasteiger partial charge in [-0.1, -0.05) is 25.1 Å². The largest absolute Gasteiger partial charge is 0.438 e. The summed E-state index contributed by atoms with van der Waals surface area (Å²) in [5.74, 6) is 1.22. The van der Waals surface area contributed by atoms with Crippen LogP contribution >= 0.6 is 0 Å². The summed E-state index contributed by atoms with van der Waals surface area (Å²) in [5, 5.41) is 0. The van der Waals surface area contributed by atoms with Gasteiger partial charge in [-0.2, -0.15) is 0 Å². The molecule has 0 N–H and O–H groups in total. The lowest BCUT2D eigenvalue weighted by Crippen LogP contribution is -2.03. The lowest BCUT2D eigenvalue weighted by molar-refractivity contribution is 0.0993. The van der Waals surface area contributed by atoms with E-state index < -0.39 is 0 Å². The number of benzene rings is 1. The lowest BCUT2D eigenvalue weighted by atomic mass is 10.0. The molecule has 0 spiro atoms. The number of hydrogen-bond acceptors (Lipinski definition) is 3. The zero-order chi connectivity index (χ0) is 12.5. The van der Waals surface area contributed by atoms with Crippen molar-refractivity contribution in [1.29, 1.82) is 0 Å². The van der Waals surface area contributed by atoms with Crippen molar-refractivity contribution in [3.63, 3.8) is 0 Å². The normalized spacial score (nSPS) is 13.3. The van der Waals surface area contributed by atoms with Gasteiger partial charge in [0.25, 0.3) is 0 Å². The summed E-state index contributed by atoms with van der Waals surface area (Å²) in [6.07, 6.45) is 1.20. The fourth-order valence-corrected chi connectivity index (χ4v) is 2.09. The molecule has 0 aliphatic carbocycles. The monoisotopic (exact) mass is 239 g/mol. The smallest absolute Gasteiger partial charge is 0.230 e. The molecule has 2 aromatic rings. The summed E-state index contributed by atoms with van der Waals surface area (Å²) in [5.41, 5.74) is 2.42. The van der Waals surface area contributed by atoms with Gasteiger partial charge in [0.15, 0.2) is 5.78 Å². The molecule has 0 saturated heterocycles. The number of fused-ring (bicyclic) bond motifs is 2. The number of rotatable bonds is 1. The Kier molecular flexibility index (Phi) is 2.59. The maximum atomic E-state index is 12.1. The number of ether oxygens (including phenoxy) is 1. The van der Waals surface area contributed by atoms with Crippen molar-refractivity contribution in [2.45, 2.75) is 19.8 Å². The van der Waals surface area contributed by atoms with Gasteiger partial charge in [0.05, 0.1) is 5.56 Å². The van der Waals surface area contributed by atoms with Gasteiger partial charge in [-0.15, -0.1) is 0 Å². The van der Waals surface area contributed by atoms with Crippen LogP contribution in [0.5, 0.6) is 11.6 Å². The van der Waals surface area contributed by atoms with Crippen LogP contribution in [0, 0.1) is 0 Å². The van der Waals surface area contributed by atoms with Crippen molar-refractivity contribution in [2.24, 2.45) is 0 Å². The second kappa shape index (κ2) is 4.26. The summed E-state index contributed by atoms with van der Waals surface area (Å²) in [6.45, 7) is 2.03. The zero-order valence-electron chi connectivity index (χ0n) is 10.1. The summed E-state index contributed by atoms with van der Waals surface area (Å²) < 4.78 is 5.78. The Hall–Kier alpha value is -2.16. The minimum Gasteiger partial charge on any atom is -0.438 e. The number of hydrogen-bond donors (Lipinski definition) is 0. The first-order chi connectivity index (χ1) is 8.78. The van der Waals surface area contributed by atoms with Crippen LogP contribution in [0.15, 0.2) is 36.4 Å². The van der Waals surface area contributed by atoms with Crippen LogP contribution in [0.25, 0.3) is 0 Å². The first-order valence-corrected chi connectivity index (χ1v) is 6.07. The molecule has 0 bridgehead atoms. The van der Waals surface area contributed by atoms with Crippen LogP contribution in [0.4, 0.5) is 0 Å². The van der Waals surface area contributed by atoms with Gasteiger partial charge in [0, 0.05) is 17.7 Å². The molecule has 1 aromatic heterocycles. The second-order valence-corrected chi connectivity index (χ2v) is 4.32. The van der Waals surface area contributed by atoms with E-state index in [1.807, 2.05) is 43.3 Å². The minimum atomic E-state index is 0.0603. The van der Waals surface area contributed by atoms with Crippen LogP contribution in [0.2, 0.25) is 0 Å². The van der Waals surface area contributed by atoms with Gasteiger partial charge in [-0.25, -0.2) is 4.98 Å². The average molecular weight is 239 g/mol. The number of carbonyl (C=O) groups is 1. The summed E-state index contributed by atoms with van der Waals surface area (Å²) in [6, 6.07) is 11.3. The third-order valence-electron chi connectivity index (χ3n) is 3.11. The highest BCUT2D eigenvalue weighted by Crippen LogP contribution is 2.32. The first kappa shape index (κ1) is 11.0. The van der Waals surface area contributed by atoms with Crippen LogP contribution in [-0.2, 0) is 12.8 Å². The Morgan fingerprint density at radius 2 is 2.06 bits per heavy atom. The molecule has 0 radical (unpaired) electrons. The molecule has 90 valence electrons. The Morgan fingerprint density at radius 3 is 2.89 bits per heavy atom. The number of Topliss-reactive ketones (excluding diaryl/α,β-unsaturated/α-hetero) is 1. The van der Waals surface area contributed by atoms with E-state index in [2.05, 4.69) is 4.98 Å². The van der Waals surface area contributed by atoms with E-state index in [0.717, 1.165) is 23.4 Å². The lowest BCUT2D eigenvalue weighted by Gasteiger charge is -2.07. The van der Waals surface area contributed by atoms with E-state index in [1.165, 1.54) is 0 Å². The van der Waals surface area contributed by atoms with Gasteiger partial charge in [-0.3, -0.25) is 4.79 Å². The zero-order valence-corrected chi connectivity index (χ0v) is 10.1. The SMILES string of the molecule is CCc1ccc2c(n1)Oc1ccccc1CC2=O. The standard InChI is InChI=1S/C15H13NO2/c1-2-11-7-8-12-13(17)9-10-5-3-4-6-14(10)18-15(12)16-11/h3-8H,2,9H2,1H3. The van der Waals surface area contributed by atoms with Crippen molar-refractivity contribution in [2.75, 3.05) is 0 Å². The Morgan fingerprint density at radius 1 is 1.22 bits per heavy atom. The maximum Gasteiger partial charge on any atom is 0.230 e. The van der Waals surface area contributed by atoms with E-state index in [9.17, 15) is 4.79 Å². The third-order valence-corrected chi connectivity index (χ3v) is 3.11. The molecule has 1 aliphatic rings. The van der Waals surface area contributed by atoms with E-state index >= 15 is 0 Å². The number of para-hydroxylation sites is 1. The van der Waals surface area contributed by atoms with Crippen LogP contribution in [-0.4, -0.2) is 10.8 Å². The van der Waals surface area contributed by atoms with Crippen LogP contribution < -0.4 is 4.74 Å². The third kappa shape index (κ3) is 1.78. The van der Waals surface area contributed by atoms with Crippen molar-refractivity contribution in [1.82, 2.24) is 4.98 Å². The highest BCUT2D eigenvalue weighted by atomic mass is 16.5.